The Bertz CT molecular complexity index is 598. The van der Waals surface area contributed by atoms with E-state index in [4.69, 9.17) is 10.5 Å². The van der Waals surface area contributed by atoms with Crippen LogP contribution in [0, 0.1) is 0 Å². The third-order valence-electron chi connectivity index (χ3n) is 4.87. The summed E-state index contributed by atoms with van der Waals surface area (Å²) in [7, 11) is 0. The number of anilines is 1. The van der Waals surface area contributed by atoms with Gasteiger partial charge >= 0.3 is 6.09 Å². The van der Waals surface area contributed by atoms with Crippen molar-refractivity contribution in [2.24, 2.45) is 0 Å². The molecule has 128 valence electrons. The average Bonchev–Trinajstić information content (AvgIpc) is 2.86. The second-order valence-corrected chi connectivity index (χ2v) is 8.30. The fourth-order valence-electron chi connectivity index (χ4n) is 3.21. The van der Waals surface area contributed by atoms with Crippen molar-refractivity contribution < 1.29 is 9.53 Å². The van der Waals surface area contributed by atoms with Crippen LogP contribution in [0.2, 0.25) is 0 Å². The van der Waals surface area contributed by atoms with Gasteiger partial charge in [0.25, 0.3) is 0 Å². The summed E-state index contributed by atoms with van der Waals surface area (Å²) in [5.74, 6) is 1.01. The van der Waals surface area contributed by atoms with Crippen LogP contribution in [0.3, 0.4) is 0 Å². The van der Waals surface area contributed by atoms with E-state index >= 15 is 0 Å². The number of carbonyl (C=O) groups excluding carboxylic acids is 1. The number of alkyl carbamates (subject to hydrolysis) is 1. The molecule has 0 radical (unpaired) electrons. The normalized spacial score (nSPS) is 26.1. The van der Waals surface area contributed by atoms with Gasteiger partial charge in [-0.1, -0.05) is 0 Å². The van der Waals surface area contributed by atoms with Crippen LogP contribution in [0.5, 0.6) is 0 Å². The van der Waals surface area contributed by atoms with Gasteiger partial charge in [0.15, 0.2) is 0 Å². The molecule has 6 heteroatoms. The van der Waals surface area contributed by atoms with Gasteiger partial charge < -0.3 is 15.8 Å². The first kappa shape index (κ1) is 16.1. The smallest absolute Gasteiger partial charge is 0.407 e. The molecule has 6 nitrogen and oxygen atoms in total. The lowest BCUT2D eigenvalue weighted by Gasteiger charge is -2.20. The minimum Gasteiger partial charge on any atom is -0.446 e. The minimum absolute atomic E-state index is 0.0247. The maximum Gasteiger partial charge on any atom is 0.407 e. The van der Waals surface area contributed by atoms with Crippen molar-refractivity contribution in [1.29, 1.82) is 0 Å². The van der Waals surface area contributed by atoms with E-state index in [1.165, 1.54) is 0 Å². The molecule has 1 aromatic heterocycles. The van der Waals surface area contributed by atoms with Crippen molar-refractivity contribution >= 4 is 11.9 Å². The maximum absolute atomic E-state index is 11.9. The molecule has 1 aromatic rings. The second kappa shape index (κ2) is 5.42. The van der Waals surface area contributed by atoms with Crippen LogP contribution in [0.4, 0.5) is 10.6 Å². The van der Waals surface area contributed by atoms with E-state index in [0.29, 0.717) is 11.7 Å². The van der Waals surface area contributed by atoms with Crippen molar-refractivity contribution in [3.05, 3.63) is 11.8 Å². The highest BCUT2D eigenvalue weighted by molar-refractivity contribution is 5.69. The zero-order valence-electron chi connectivity index (χ0n) is 14.6. The van der Waals surface area contributed by atoms with E-state index in [1.807, 2.05) is 17.7 Å². The summed E-state index contributed by atoms with van der Waals surface area (Å²) >= 11 is 0. The topological polar surface area (TPSA) is 82.2 Å². The quantitative estimate of drug-likeness (QED) is 0.896. The zero-order chi connectivity index (χ0) is 16.8. The van der Waals surface area contributed by atoms with E-state index in [-0.39, 0.29) is 23.3 Å². The Balaban J connectivity index is 1.58. The van der Waals surface area contributed by atoms with Crippen molar-refractivity contribution in [1.82, 2.24) is 15.1 Å². The Morgan fingerprint density at radius 3 is 2.70 bits per heavy atom. The molecule has 1 amide bonds. The highest BCUT2D eigenvalue weighted by Crippen LogP contribution is 2.38. The average molecular weight is 320 g/mol. The Labute approximate surface area is 137 Å². The molecular formula is C17H28N4O2. The van der Waals surface area contributed by atoms with Gasteiger partial charge in [-0.25, -0.2) is 9.48 Å². The van der Waals surface area contributed by atoms with E-state index in [2.05, 4.69) is 31.2 Å². The summed E-state index contributed by atoms with van der Waals surface area (Å²) in [4.78, 5) is 11.9. The number of ether oxygens (including phenoxy) is 1. The van der Waals surface area contributed by atoms with E-state index in [9.17, 15) is 4.79 Å². The van der Waals surface area contributed by atoms with Crippen molar-refractivity contribution in [3.63, 3.8) is 0 Å². The molecule has 2 atom stereocenters. The number of nitrogens with one attached hydrogen (secondary N) is 1. The van der Waals surface area contributed by atoms with Crippen LogP contribution < -0.4 is 11.1 Å². The van der Waals surface area contributed by atoms with Crippen molar-refractivity contribution in [3.8, 4) is 0 Å². The Kier molecular flexibility index (Phi) is 3.81. The summed E-state index contributed by atoms with van der Waals surface area (Å²) in [6.45, 7) is 8.31. The van der Waals surface area contributed by atoms with Crippen LogP contribution in [0.25, 0.3) is 0 Å². The summed E-state index contributed by atoms with van der Waals surface area (Å²) < 4.78 is 7.44. The molecule has 2 saturated carbocycles. The van der Waals surface area contributed by atoms with Crippen LogP contribution in [0.15, 0.2) is 6.07 Å². The SMILES string of the molecule is CC1(NC(=O)OC2CCC(c3cc(N)n(C(C)(C)C)n3)C2)CC1. The van der Waals surface area contributed by atoms with Gasteiger partial charge in [-0.2, -0.15) is 5.10 Å². The summed E-state index contributed by atoms with van der Waals surface area (Å²) in [5.41, 5.74) is 6.94. The van der Waals surface area contributed by atoms with E-state index in [0.717, 1.165) is 37.8 Å². The molecule has 0 aliphatic heterocycles. The highest BCUT2D eigenvalue weighted by Gasteiger charge is 2.40. The Morgan fingerprint density at radius 1 is 1.43 bits per heavy atom. The van der Waals surface area contributed by atoms with E-state index < -0.39 is 0 Å². The largest absolute Gasteiger partial charge is 0.446 e. The first-order valence-corrected chi connectivity index (χ1v) is 8.51. The van der Waals surface area contributed by atoms with Gasteiger partial charge in [0.2, 0.25) is 0 Å². The number of amides is 1. The van der Waals surface area contributed by atoms with Gasteiger partial charge in [0.1, 0.15) is 11.9 Å². The van der Waals surface area contributed by atoms with Gasteiger partial charge in [0.05, 0.1) is 11.2 Å². The molecule has 0 spiro atoms. The maximum atomic E-state index is 11.9. The molecule has 3 rings (SSSR count). The monoisotopic (exact) mass is 320 g/mol. The third-order valence-corrected chi connectivity index (χ3v) is 4.87. The predicted molar refractivity (Wildman–Crippen MR) is 89.3 cm³/mol. The van der Waals surface area contributed by atoms with Gasteiger partial charge in [0, 0.05) is 17.5 Å². The second-order valence-electron chi connectivity index (χ2n) is 8.30. The lowest BCUT2D eigenvalue weighted by Crippen LogP contribution is -2.36. The lowest BCUT2D eigenvalue weighted by molar-refractivity contribution is 0.0967. The van der Waals surface area contributed by atoms with Gasteiger partial charge in [-0.05, 0) is 59.8 Å². The molecule has 1 heterocycles. The fraction of sp³-hybridized carbons (Fsp3) is 0.765. The number of aromatic nitrogens is 2. The van der Waals surface area contributed by atoms with Gasteiger partial charge in [-0.3, -0.25) is 0 Å². The number of nitrogen functional groups attached to an aromatic ring is 1. The summed E-state index contributed by atoms with van der Waals surface area (Å²) in [5, 5.41) is 7.63. The first-order valence-electron chi connectivity index (χ1n) is 8.51. The van der Waals surface area contributed by atoms with E-state index in [1.54, 1.807) is 0 Å². The van der Waals surface area contributed by atoms with Crippen LogP contribution in [0.1, 0.15) is 71.4 Å². The molecule has 2 fully saturated rings. The number of carbonyl (C=O) groups is 1. The predicted octanol–water partition coefficient (Wildman–Crippen LogP) is 3.14. The molecule has 0 aromatic carbocycles. The molecular weight excluding hydrogens is 292 g/mol. The summed E-state index contributed by atoms with van der Waals surface area (Å²) in [6, 6.07) is 1.96. The zero-order valence-corrected chi connectivity index (χ0v) is 14.6. The number of hydrogen-bond acceptors (Lipinski definition) is 4. The molecule has 2 aliphatic carbocycles. The third kappa shape index (κ3) is 3.62. The molecule has 23 heavy (non-hydrogen) atoms. The first-order chi connectivity index (χ1) is 10.7. The van der Waals surface area contributed by atoms with Gasteiger partial charge in [-0.15, -0.1) is 0 Å². The number of rotatable bonds is 3. The summed E-state index contributed by atoms with van der Waals surface area (Å²) in [6.07, 6.45) is 4.47. The molecule has 3 N–H and O–H groups in total. The van der Waals surface area contributed by atoms with Crippen LogP contribution in [-0.4, -0.2) is 27.5 Å². The molecule has 2 aliphatic rings. The van der Waals surface area contributed by atoms with Crippen LogP contribution >= 0.6 is 0 Å². The highest BCUT2D eigenvalue weighted by atomic mass is 16.6. The number of hydrogen-bond donors (Lipinski definition) is 2. The Morgan fingerprint density at radius 2 is 2.13 bits per heavy atom. The molecule has 0 bridgehead atoms. The van der Waals surface area contributed by atoms with Crippen molar-refractivity contribution in [2.75, 3.05) is 5.73 Å². The molecule has 0 saturated heterocycles. The standard InChI is InChI=1S/C17H28N4O2/c1-16(2,3)21-14(18)10-13(20-21)11-5-6-12(9-11)23-15(22)19-17(4)7-8-17/h10-12H,5-9,18H2,1-4H3,(H,19,22). The Hall–Kier alpha value is -1.72. The van der Waals surface area contributed by atoms with Crippen molar-refractivity contribution in [2.45, 2.75) is 82.9 Å². The lowest BCUT2D eigenvalue weighted by atomic mass is 10.0. The van der Waals surface area contributed by atoms with Crippen LogP contribution in [-0.2, 0) is 10.3 Å². The molecule has 2 unspecified atom stereocenters. The fourth-order valence-corrected chi connectivity index (χ4v) is 3.21. The number of nitrogens with zero attached hydrogens (tertiary/aromatic N) is 2. The number of nitrogens with two attached hydrogens (primary N) is 1. The minimum atomic E-state index is -0.282.